The lowest BCUT2D eigenvalue weighted by Gasteiger charge is -2.20. The molecule has 4 heteroatoms. The number of aromatic nitrogens is 1. The fraction of sp³-hybridized carbons (Fsp3) is 0.688. The van der Waals surface area contributed by atoms with Crippen molar-refractivity contribution in [3.8, 4) is 5.88 Å². The van der Waals surface area contributed by atoms with Crippen LogP contribution in [-0.4, -0.2) is 31.3 Å². The first kappa shape index (κ1) is 16.9. The molecule has 114 valence electrons. The van der Waals surface area contributed by atoms with Gasteiger partial charge in [-0.2, -0.15) is 0 Å². The molecule has 4 nitrogen and oxygen atoms in total. The van der Waals surface area contributed by atoms with E-state index < -0.39 is 0 Å². The Morgan fingerprint density at radius 2 is 1.90 bits per heavy atom. The summed E-state index contributed by atoms with van der Waals surface area (Å²) in [7, 11) is 1.67. The van der Waals surface area contributed by atoms with Crippen LogP contribution in [0.1, 0.15) is 45.9 Å². The van der Waals surface area contributed by atoms with Gasteiger partial charge in [0.2, 0.25) is 5.88 Å². The van der Waals surface area contributed by atoms with Crippen LogP contribution < -0.4 is 10.1 Å². The van der Waals surface area contributed by atoms with E-state index in [-0.39, 0.29) is 5.41 Å². The van der Waals surface area contributed by atoms with E-state index in [0.29, 0.717) is 25.1 Å². The van der Waals surface area contributed by atoms with Crippen molar-refractivity contribution in [3.05, 3.63) is 23.4 Å². The van der Waals surface area contributed by atoms with Crippen molar-refractivity contribution in [2.24, 2.45) is 0 Å². The smallest absolute Gasteiger partial charge is 0.213 e. The van der Waals surface area contributed by atoms with Gasteiger partial charge in [-0.15, -0.1) is 0 Å². The van der Waals surface area contributed by atoms with E-state index in [2.05, 4.69) is 51.0 Å². The maximum Gasteiger partial charge on any atom is 0.213 e. The molecular weight excluding hydrogens is 252 g/mol. The molecular formula is C16H28N2O2. The number of nitrogens with one attached hydrogen (secondary N) is 1. The highest BCUT2D eigenvalue weighted by molar-refractivity contribution is 5.28. The van der Waals surface area contributed by atoms with Gasteiger partial charge in [-0.1, -0.05) is 34.6 Å². The van der Waals surface area contributed by atoms with Crippen LogP contribution in [0.3, 0.4) is 0 Å². The molecule has 0 spiro atoms. The Morgan fingerprint density at radius 3 is 2.45 bits per heavy atom. The van der Waals surface area contributed by atoms with E-state index in [1.54, 1.807) is 7.11 Å². The number of rotatable bonds is 7. The van der Waals surface area contributed by atoms with E-state index in [4.69, 9.17) is 9.47 Å². The van der Waals surface area contributed by atoms with Crippen molar-refractivity contribution in [2.75, 3.05) is 20.3 Å². The van der Waals surface area contributed by atoms with Crippen molar-refractivity contribution in [2.45, 2.75) is 52.6 Å². The monoisotopic (exact) mass is 280 g/mol. The Labute approximate surface area is 122 Å². The Bertz CT molecular complexity index is 411. The van der Waals surface area contributed by atoms with Crippen LogP contribution in [0.2, 0.25) is 0 Å². The van der Waals surface area contributed by atoms with Crippen LogP contribution in [0.25, 0.3) is 0 Å². The maximum atomic E-state index is 5.67. The number of pyridine rings is 1. The van der Waals surface area contributed by atoms with Gasteiger partial charge in [-0.25, -0.2) is 4.98 Å². The normalized spacial score (nSPS) is 11.9. The molecule has 0 radical (unpaired) electrons. The number of nitrogens with zero attached hydrogens (tertiary/aromatic N) is 1. The molecule has 0 aliphatic carbocycles. The predicted molar refractivity (Wildman–Crippen MR) is 82.3 cm³/mol. The fourth-order valence-corrected chi connectivity index (χ4v) is 1.67. The summed E-state index contributed by atoms with van der Waals surface area (Å²) >= 11 is 0. The van der Waals surface area contributed by atoms with Gasteiger partial charge in [-0.05, 0) is 11.6 Å². The quantitative estimate of drug-likeness (QED) is 0.780. The number of hydrogen-bond acceptors (Lipinski definition) is 4. The van der Waals surface area contributed by atoms with Crippen molar-refractivity contribution in [1.29, 1.82) is 0 Å². The summed E-state index contributed by atoms with van der Waals surface area (Å²) in [6, 6.07) is 4.61. The minimum atomic E-state index is 0.00715. The lowest BCUT2D eigenvalue weighted by atomic mass is 9.91. The third-order valence-corrected chi connectivity index (χ3v) is 2.88. The van der Waals surface area contributed by atoms with Crippen molar-refractivity contribution < 1.29 is 9.47 Å². The Hall–Kier alpha value is -1.13. The number of methoxy groups -OCH3 is 1. The summed E-state index contributed by atoms with van der Waals surface area (Å²) in [5.41, 5.74) is 2.26. The molecule has 1 aromatic heterocycles. The largest absolute Gasteiger partial charge is 0.475 e. The summed E-state index contributed by atoms with van der Waals surface area (Å²) in [6.45, 7) is 12.7. The average molecular weight is 280 g/mol. The standard InChI is InChI=1S/C16H28N2O2/c1-12(2)17-11-13-9-14(16(3,4)5)18-15(10-13)20-8-7-19-6/h9-10,12,17H,7-8,11H2,1-6H3. The number of ether oxygens (including phenoxy) is 2. The van der Waals surface area contributed by atoms with Crippen molar-refractivity contribution in [3.63, 3.8) is 0 Å². The van der Waals surface area contributed by atoms with Crippen LogP contribution in [0.4, 0.5) is 0 Å². The topological polar surface area (TPSA) is 43.4 Å². The van der Waals surface area contributed by atoms with Crippen LogP contribution in [-0.2, 0) is 16.7 Å². The molecule has 0 atom stereocenters. The summed E-state index contributed by atoms with van der Waals surface area (Å²) in [6.07, 6.45) is 0. The highest BCUT2D eigenvalue weighted by atomic mass is 16.5. The van der Waals surface area contributed by atoms with E-state index in [1.807, 2.05) is 6.07 Å². The van der Waals surface area contributed by atoms with Gasteiger partial charge in [-0.3, -0.25) is 0 Å². The van der Waals surface area contributed by atoms with Gasteiger partial charge in [0.25, 0.3) is 0 Å². The highest BCUT2D eigenvalue weighted by Gasteiger charge is 2.17. The maximum absolute atomic E-state index is 5.67. The third-order valence-electron chi connectivity index (χ3n) is 2.88. The second-order valence-electron chi connectivity index (χ2n) is 6.33. The van der Waals surface area contributed by atoms with Gasteiger partial charge < -0.3 is 14.8 Å². The van der Waals surface area contributed by atoms with Crippen LogP contribution in [0.15, 0.2) is 12.1 Å². The molecule has 1 aromatic rings. The van der Waals surface area contributed by atoms with E-state index in [9.17, 15) is 0 Å². The van der Waals surface area contributed by atoms with Gasteiger partial charge in [0.05, 0.1) is 12.3 Å². The fourth-order valence-electron chi connectivity index (χ4n) is 1.67. The first-order valence-electron chi connectivity index (χ1n) is 7.19. The van der Waals surface area contributed by atoms with Crippen LogP contribution >= 0.6 is 0 Å². The predicted octanol–water partition coefficient (Wildman–Crippen LogP) is 2.90. The first-order valence-corrected chi connectivity index (χ1v) is 7.19. The zero-order chi connectivity index (χ0) is 15.2. The minimum Gasteiger partial charge on any atom is -0.475 e. The molecule has 0 unspecified atom stereocenters. The molecule has 1 N–H and O–H groups in total. The zero-order valence-electron chi connectivity index (χ0n) is 13.6. The molecule has 0 amide bonds. The van der Waals surface area contributed by atoms with E-state index in [0.717, 1.165) is 12.2 Å². The molecule has 0 bridgehead atoms. The van der Waals surface area contributed by atoms with Crippen molar-refractivity contribution in [1.82, 2.24) is 10.3 Å². The Morgan fingerprint density at radius 1 is 1.20 bits per heavy atom. The van der Waals surface area contributed by atoms with Crippen molar-refractivity contribution >= 4 is 0 Å². The van der Waals surface area contributed by atoms with E-state index >= 15 is 0 Å². The lowest BCUT2D eigenvalue weighted by Crippen LogP contribution is -2.23. The second-order valence-corrected chi connectivity index (χ2v) is 6.33. The van der Waals surface area contributed by atoms with E-state index in [1.165, 1.54) is 5.56 Å². The minimum absolute atomic E-state index is 0.00715. The summed E-state index contributed by atoms with van der Waals surface area (Å²) < 4.78 is 10.7. The molecule has 0 aliphatic rings. The first-order chi connectivity index (χ1) is 9.32. The highest BCUT2D eigenvalue weighted by Crippen LogP contribution is 2.24. The summed E-state index contributed by atoms with van der Waals surface area (Å²) in [5.74, 6) is 0.676. The summed E-state index contributed by atoms with van der Waals surface area (Å²) in [5, 5.41) is 3.43. The molecule has 0 aromatic carbocycles. The molecule has 0 saturated carbocycles. The number of hydrogen-bond donors (Lipinski definition) is 1. The van der Waals surface area contributed by atoms with Gasteiger partial charge in [0.1, 0.15) is 6.61 Å². The molecule has 0 saturated heterocycles. The molecule has 0 aliphatic heterocycles. The Balaban J connectivity index is 2.89. The summed E-state index contributed by atoms with van der Waals surface area (Å²) in [4.78, 5) is 4.60. The van der Waals surface area contributed by atoms with Crippen LogP contribution in [0.5, 0.6) is 5.88 Å². The third kappa shape index (κ3) is 5.88. The van der Waals surface area contributed by atoms with Gasteiger partial charge in [0, 0.05) is 31.2 Å². The SMILES string of the molecule is COCCOc1cc(CNC(C)C)cc(C(C)(C)C)n1. The van der Waals surface area contributed by atoms with Crippen LogP contribution in [0, 0.1) is 0 Å². The molecule has 1 rings (SSSR count). The zero-order valence-corrected chi connectivity index (χ0v) is 13.6. The Kier molecular flexibility index (Phi) is 6.43. The average Bonchev–Trinajstić information content (AvgIpc) is 2.35. The van der Waals surface area contributed by atoms with Gasteiger partial charge >= 0.3 is 0 Å². The lowest BCUT2D eigenvalue weighted by molar-refractivity contribution is 0.143. The molecule has 20 heavy (non-hydrogen) atoms. The van der Waals surface area contributed by atoms with Gasteiger partial charge in [0.15, 0.2) is 0 Å². The molecule has 0 fully saturated rings. The molecule has 1 heterocycles. The second kappa shape index (κ2) is 7.60.